The van der Waals surface area contributed by atoms with Crippen molar-refractivity contribution in [2.45, 2.75) is 26.7 Å². The Morgan fingerprint density at radius 2 is 1.80 bits per heavy atom. The number of halogens is 2. The molecule has 0 spiro atoms. The molecule has 0 aromatic heterocycles. The van der Waals surface area contributed by atoms with Crippen molar-refractivity contribution in [1.29, 1.82) is 0 Å². The molecule has 2 bridgehead atoms. The summed E-state index contributed by atoms with van der Waals surface area (Å²) in [5.74, 6) is 1.000. The molecule has 218 valence electrons. The summed E-state index contributed by atoms with van der Waals surface area (Å²) in [5.41, 5.74) is 2.43. The van der Waals surface area contributed by atoms with E-state index in [1.165, 1.54) is 30.2 Å². The molecule has 1 aliphatic heterocycles. The first-order chi connectivity index (χ1) is 19.5. The van der Waals surface area contributed by atoms with Crippen LogP contribution in [0.5, 0.6) is 0 Å². The van der Waals surface area contributed by atoms with Crippen LogP contribution in [-0.2, 0) is 0 Å². The normalized spacial score (nSPS) is 21.5. The Morgan fingerprint density at radius 1 is 1.10 bits per heavy atom. The van der Waals surface area contributed by atoms with Gasteiger partial charge in [-0.3, -0.25) is 19.8 Å². The minimum atomic E-state index is -0.535. The van der Waals surface area contributed by atoms with Crippen LogP contribution in [0.15, 0.2) is 54.1 Å². The van der Waals surface area contributed by atoms with Gasteiger partial charge >= 0.3 is 6.03 Å². The van der Waals surface area contributed by atoms with Crippen LogP contribution in [0.1, 0.15) is 37.0 Å². The zero-order chi connectivity index (χ0) is 29.3. The molecule has 1 saturated heterocycles. The Labute approximate surface area is 250 Å². The maximum Gasteiger partial charge on any atom is 0.322 e. The van der Waals surface area contributed by atoms with Crippen LogP contribution in [0.4, 0.5) is 16.2 Å². The van der Waals surface area contributed by atoms with Gasteiger partial charge in [-0.05, 0) is 60.4 Å². The standard InChI is InChI=1S/C30H35Cl2N5O4/c1-30(2)21-4-3-20(26(30)17-21)19-36(29(39)33-23-7-5-22(31)6-8-23)16-13-34-11-14-35(15-12-34)28(38)25-10-9-24(37(40)41)18-27(25)32/h3,5-10,18,21,26H,4,11-17,19H2,1-2H3,(H,33,39). The van der Waals surface area contributed by atoms with Crippen LogP contribution in [0.3, 0.4) is 0 Å². The second-order valence-electron chi connectivity index (χ2n) is 11.7. The number of fused-ring (bicyclic) bond motifs is 1. The number of non-ortho nitro benzene ring substituents is 1. The van der Waals surface area contributed by atoms with Gasteiger partial charge in [0.15, 0.2) is 0 Å². The number of rotatable bonds is 8. The van der Waals surface area contributed by atoms with Gasteiger partial charge in [-0.2, -0.15) is 0 Å². The smallest absolute Gasteiger partial charge is 0.322 e. The molecular weight excluding hydrogens is 565 g/mol. The highest BCUT2D eigenvalue weighted by Crippen LogP contribution is 2.59. The number of hydrogen-bond donors (Lipinski definition) is 1. The van der Waals surface area contributed by atoms with Crippen molar-refractivity contribution in [3.8, 4) is 0 Å². The van der Waals surface area contributed by atoms with Gasteiger partial charge in [0.05, 0.1) is 15.5 Å². The van der Waals surface area contributed by atoms with Crippen molar-refractivity contribution in [3.63, 3.8) is 0 Å². The quantitative estimate of drug-likeness (QED) is 0.222. The van der Waals surface area contributed by atoms with Gasteiger partial charge in [0, 0.05) is 68.7 Å². The molecule has 2 fully saturated rings. The highest BCUT2D eigenvalue weighted by atomic mass is 35.5. The minimum Gasteiger partial charge on any atom is -0.336 e. The number of urea groups is 1. The lowest BCUT2D eigenvalue weighted by Crippen LogP contribution is -2.52. The van der Waals surface area contributed by atoms with Gasteiger partial charge in [-0.25, -0.2) is 4.79 Å². The Morgan fingerprint density at radius 3 is 2.41 bits per heavy atom. The Hall–Kier alpha value is -3.14. The number of amides is 3. The van der Waals surface area contributed by atoms with Crippen molar-refractivity contribution < 1.29 is 14.5 Å². The summed E-state index contributed by atoms with van der Waals surface area (Å²) in [6.45, 7) is 8.82. The molecular formula is C30H35Cl2N5O4. The maximum absolute atomic E-state index is 13.4. The van der Waals surface area contributed by atoms with Crippen molar-refractivity contribution >= 4 is 46.5 Å². The molecule has 41 heavy (non-hydrogen) atoms. The lowest BCUT2D eigenvalue weighted by Gasteiger charge is -2.57. The summed E-state index contributed by atoms with van der Waals surface area (Å²) in [7, 11) is 0. The van der Waals surface area contributed by atoms with Crippen LogP contribution in [0, 0.1) is 27.4 Å². The summed E-state index contributed by atoms with van der Waals surface area (Å²) in [4.78, 5) is 42.8. The van der Waals surface area contributed by atoms with E-state index < -0.39 is 4.92 Å². The molecule has 2 aromatic rings. The number of carbonyl (C=O) groups excluding carboxylic acids is 2. The summed E-state index contributed by atoms with van der Waals surface area (Å²) in [6.07, 6.45) is 4.60. The number of allylic oxidation sites excluding steroid dienone is 1. The highest BCUT2D eigenvalue weighted by molar-refractivity contribution is 6.34. The molecule has 3 amide bonds. The molecule has 0 radical (unpaired) electrons. The van der Waals surface area contributed by atoms with E-state index in [-0.39, 0.29) is 33.6 Å². The van der Waals surface area contributed by atoms with Gasteiger partial charge in [0.1, 0.15) is 0 Å². The molecule has 1 heterocycles. The average Bonchev–Trinajstić information content (AvgIpc) is 2.96. The van der Waals surface area contributed by atoms with Crippen LogP contribution >= 0.6 is 23.2 Å². The van der Waals surface area contributed by atoms with E-state index in [0.717, 1.165) is 12.3 Å². The van der Waals surface area contributed by atoms with E-state index in [0.29, 0.717) is 62.4 Å². The van der Waals surface area contributed by atoms with Crippen molar-refractivity contribution in [2.24, 2.45) is 17.3 Å². The molecule has 4 aliphatic rings. The van der Waals surface area contributed by atoms with Crippen molar-refractivity contribution in [2.75, 3.05) is 51.1 Å². The van der Waals surface area contributed by atoms with E-state index >= 15 is 0 Å². The fourth-order valence-corrected chi connectivity index (χ4v) is 6.64. The number of nitrogens with zero attached hydrogens (tertiary/aromatic N) is 4. The number of nitrogens with one attached hydrogen (secondary N) is 1. The molecule has 1 saturated carbocycles. The maximum atomic E-state index is 13.4. The first-order valence-electron chi connectivity index (χ1n) is 14.0. The summed E-state index contributed by atoms with van der Waals surface area (Å²) < 4.78 is 0. The first kappa shape index (κ1) is 29.4. The number of anilines is 1. The molecule has 9 nitrogen and oxygen atoms in total. The highest BCUT2D eigenvalue weighted by Gasteiger charge is 2.51. The van der Waals surface area contributed by atoms with Gasteiger partial charge in [0.25, 0.3) is 11.6 Å². The third-order valence-corrected chi connectivity index (χ3v) is 9.64. The van der Waals surface area contributed by atoms with Crippen LogP contribution in [0.25, 0.3) is 0 Å². The number of hydrogen-bond acceptors (Lipinski definition) is 5. The zero-order valence-electron chi connectivity index (χ0n) is 23.3. The van der Waals surface area contributed by atoms with Crippen molar-refractivity contribution in [1.82, 2.24) is 14.7 Å². The molecule has 2 unspecified atom stereocenters. The average molecular weight is 601 g/mol. The first-order valence-corrected chi connectivity index (χ1v) is 14.7. The molecule has 2 atom stereocenters. The van der Waals surface area contributed by atoms with E-state index in [1.807, 2.05) is 4.90 Å². The molecule has 2 aromatic carbocycles. The summed E-state index contributed by atoms with van der Waals surface area (Å²) in [5, 5.41) is 14.7. The van der Waals surface area contributed by atoms with E-state index in [9.17, 15) is 19.7 Å². The predicted octanol–water partition coefficient (Wildman–Crippen LogP) is 6.19. The molecule has 6 rings (SSSR count). The molecule has 1 N–H and O–H groups in total. The summed E-state index contributed by atoms with van der Waals surface area (Å²) in [6, 6.07) is 10.9. The van der Waals surface area contributed by atoms with Gasteiger partial charge in [-0.15, -0.1) is 0 Å². The van der Waals surface area contributed by atoms with E-state index in [4.69, 9.17) is 23.2 Å². The lowest BCUT2D eigenvalue weighted by atomic mass is 9.49. The largest absolute Gasteiger partial charge is 0.336 e. The number of piperazine rings is 1. The van der Waals surface area contributed by atoms with Gasteiger partial charge in [-0.1, -0.05) is 48.7 Å². The number of carbonyl (C=O) groups is 2. The number of benzene rings is 2. The van der Waals surface area contributed by atoms with Crippen LogP contribution < -0.4 is 5.32 Å². The SMILES string of the molecule is CC1(C)C2CC=C(CN(CCN3CCN(C(=O)c4ccc([N+](=O)[O-])cc4Cl)CC3)C(=O)Nc3ccc(Cl)cc3)C1C2. The van der Waals surface area contributed by atoms with Gasteiger partial charge in [0.2, 0.25) is 0 Å². The van der Waals surface area contributed by atoms with Crippen LogP contribution in [-0.4, -0.2) is 77.4 Å². The second-order valence-corrected chi connectivity index (χ2v) is 12.6. The van der Waals surface area contributed by atoms with Crippen molar-refractivity contribution in [3.05, 3.63) is 79.8 Å². The lowest BCUT2D eigenvalue weighted by molar-refractivity contribution is -0.384. The minimum absolute atomic E-state index is 0.0759. The molecule has 3 aliphatic carbocycles. The Balaban J connectivity index is 1.20. The topological polar surface area (TPSA) is 99.0 Å². The Kier molecular flexibility index (Phi) is 8.59. The van der Waals surface area contributed by atoms with Crippen LogP contribution in [0.2, 0.25) is 10.0 Å². The third-order valence-electron chi connectivity index (χ3n) is 9.08. The fourth-order valence-electron chi connectivity index (χ4n) is 6.26. The molecule has 11 heteroatoms. The second kappa shape index (κ2) is 12.0. The van der Waals surface area contributed by atoms with Gasteiger partial charge < -0.3 is 15.1 Å². The predicted molar refractivity (Wildman–Crippen MR) is 161 cm³/mol. The monoisotopic (exact) mass is 599 g/mol. The van der Waals surface area contributed by atoms with E-state index in [1.54, 1.807) is 29.2 Å². The zero-order valence-corrected chi connectivity index (χ0v) is 24.8. The number of nitro groups is 1. The summed E-state index contributed by atoms with van der Waals surface area (Å²) >= 11 is 12.2. The number of nitro benzene ring substituents is 1. The van der Waals surface area contributed by atoms with E-state index in [2.05, 4.69) is 30.1 Å². The Bertz CT molecular complexity index is 1360. The third kappa shape index (κ3) is 6.37. The fraction of sp³-hybridized carbons (Fsp3) is 0.467.